The maximum absolute atomic E-state index is 12.7. The lowest BCUT2D eigenvalue weighted by Gasteiger charge is -2.17. The van der Waals surface area contributed by atoms with Crippen LogP contribution in [0, 0.1) is 6.92 Å². The maximum atomic E-state index is 12.7. The number of ether oxygens (including phenoxy) is 1. The summed E-state index contributed by atoms with van der Waals surface area (Å²) in [6.45, 7) is 2.67. The highest BCUT2D eigenvalue weighted by Crippen LogP contribution is 2.26. The molecule has 3 aromatic rings. The van der Waals surface area contributed by atoms with Crippen molar-refractivity contribution < 1.29 is 14.1 Å². The average Bonchev–Trinajstić information content (AvgIpc) is 3.30. The second-order valence-electron chi connectivity index (χ2n) is 6.47. The van der Waals surface area contributed by atoms with Gasteiger partial charge < -0.3 is 19.5 Å². The van der Waals surface area contributed by atoms with Crippen molar-refractivity contribution in [3.63, 3.8) is 0 Å². The van der Waals surface area contributed by atoms with Gasteiger partial charge in [-0.25, -0.2) is 0 Å². The first-order valence-electron chi connectivity index (χ1n) is 8.77. The Balaban J connectivity index is 1.46. The molecule has 1 atom stereocenters. The van der Waals surface area contributed by atoms with Gasteiger partial charge in [0.15, 0.2) is 0 Å². The zero-order chi connectivity index (χ0) is 18.8. The van der Waals surface area contributed by atoms with E-state index in [1.165, 1.54) is 0 Å². The summed E-state index contributed by atoms with van der Waals surface area (Å²) in [5.41, 5.74) is 2.85. The Labute approximate surface area is 156 Å². The zero-order valence-electron chi connectivity index (χ0n) is 15.2. The Morgan fingerprint density at radius 3 is 2.81 bits per heavy atom. The van der Waals surface area contributed by atoms with E-state index >= 15 is 0 Å². The minimum absolute atomic E-state index is 0.0000154. The first-order valence-corrected chi connectivity index (χ1v) is 8.77. The van der Waals surface area contributed by atoms with E-state index in [4.69, 9.17) is 9.26 Å². The summed E-state index contributed by atoms with van der Waals surface area (Å²) in [6.07, 6.45) is 0.670. The van der Waals surface area contributed by atoms with Crippen molar-refractivity contribution in [3.05, 3.63) is 54.1 Å². The summed E-state index contributed by atoms with van der Waals surface area (Å²) >= 11 is 0. The van der Waals surface area contributed by atoms with Gasteiger partial charge in [-0.1, -0.05) is 35.0 Å². The fourth-order valence-electron chi connectivity index (χ4n) is 3.11. The average molecular weight is 364 g/mol. The number of methoxy groups -OCH3 is 1. The second kappa shape index (κ2) is 7.11. The predicted molar refractivity (Wildman–Crippen MR) is 102 cm³/mol. The predicted octanol–water partition coefficient (Wildman–Crippen LogP) is 3.27. The van der Waals surface area contributed by atoms with Crippen LogP contribution in [0.5, 0.6) is 5.75 Å². The largest absolute Gasteiger partial charge is 0.497 e. The van der Waals surface area contributed by atoms with E-state index in [1.807, 2.05) is 55.5 Å². The van der Waals surface area contributed by atoms with E-state index in [1.54, 1.807) is 12.0 Å². The third-order valence-electron chi connectivity index (χ3n) is 4.60. The van der Waals surface area contributed by atoms with Gasteiger partial charge in [0, 0.05) is 17.8 Å². The number of aromatic nitrogens is 2. The molecule has 4 rings (SSSR count). The molecule has 0 spiro atoms. The molecule has 1 N–H and O–H groups in total. The van der Waals surface area contributed by atoms with E-state index in [0.29, 0.717) is 24.5 Å². The Morgan fingerprint density at radius 2 is 2.04 bits per heavy atom. The van der Waals surface area contributed by atoms with E-state index in [9.17, 15) is 4.79 Å². The molecule has 138 valence electrons. The van der Waals surface area contributed by atoms with Crippen molar-refractivity contribution in [1.82, 2.24) is 10.1 Å². The fraction of sp³-hybridized carbons (Fsp3) is 0.250. The van der Waals surface area contributed by atoms with Crippen LogP contribution < -0.4 is 15.0 Å². The zero-order valence-corrected chi connectivity index (χ0v) is 15.2. The van der Waals surface area contributed by atoms with E-state index in [-0.39, 0.29) is 18.0 Å². The summed E-state index contributed by atoms with van der Waals surface area (Å²) in [7, 11) is 1.60. The topological polar surface area (TPSA) is 80.5 Å². The maximum Gasteiger partial charge on any atom is 0.322 e. The molecule has 1 aliphatic heterocycles. The Bertz CT molecular complexity index is 952. The number of carbonyl (C=O) groups excluding carboxylic acids is 1. The van der Waals surface area contributed by atoms with Gasteiger partial charge in [0.2, 0.25) is 11.7 Å². The molecule has 0 aliphatic carbocycles. The summed E-state index contributed by atoms with van der Waals surface area (Å²) in [5, 5.41) is 7.04. The molecule has 1 aromatic heterocycles. The summed E-state index contributed by atoms with van der Waals surface area (Å²) in [6, 6.07) is 15.2. The van der Waals surface area contributed by atoms with Crippen LogP contribution in [0.25, 0.3) is 11.4 Å². The van der Waals surface area contributed by atoms with Crippen LogP contribution in [0.15, 0.2) is 53.1 Å². The molecule has 2 heterocycles. The van der Waals surface area contributed by atoms with Crippen molar-refractivity contribution in [2.75, 3.05) is 23.9 Å². The van der Waals surface area contributed by atoms with Crippen molar-refractivity contribution in [2.24, 2.45) is 0 Å². The molecular weight excluding hydrogens is 344 g/mol. The highest BCUT2D eigenvalue weighted by atomic mass is 16.5. The Morgan fingerprint density at radius 1 is 1.22 bits per heavy atom. The van der Waals surface area contributed by atoms with Gasteiger partial charge in [-0.05, 0) is 37.6 Å². The second-order valence-corrected chi connectivity index (χ2v) is 6.47. The first-order chi connectivity index (χ1) is 13.1. The van der Waals surface area contributed by atoms with Gasteiger partial charge in [-0.3, -0.25) is 4.79 Å². The monoisotopic (exact) mass is 364 g/mol. The molecule has 1 amide bonds. The minimum Gasteiger partial charge on any atom is -0.497 e. The van der Waals surface area contributed by atoms with Gasteiger partial charge in [0.25, 0.3) is 0 Å². The Kier molecular flexibility index (Phi) is 4.50. The standard InChI is InChI=1S/C20H20N4O3/c1-13-6-8-15(9-7-13)24-11-10-17(19(24)25)21-20-22-18(23-27-20)14-4-3-5-16(12-14)26-2/h3-9,12,17H,10-11H2,1-2H3,(H,21,22,23). The number of aryl methyl sites for hydroxylation is 1. The highest BCUT2D eigenvalue weighted by Gasteiger charge is 2.33. The summed E-state index contributed by atoms with van der Waals surface area (Å²) in [5.74, 6) is 1.16. The number of benzene rings is 2. The number of carbonyl (C=O) groups is 1. The number of amides is 1. The lowest BCUT2D eigenvalue weighted by Crippen LogP contribution is -2.33. The molecule has 0 bridgehead atoms. The van der Waals surface area contributed by atoms with E-state index in [2.05, 4.69) is 15.5 Å². The minimum atomic E-state index is -0.384. The molecule has 7 nitrogen and oxygen atoms in total. The van der Waals surface area contributed by atoms with Crippen LogP contribution in [0.2, 0.25) is 0 Å². The quantitative estimate of drug-likeness (QED) is 0.748. The molecule has 1 fully saturated rings. The van der Waals surface area contributed by atoms with Crippen LogP contribution in [-0.4, -0.2) is 35.7 Å². The molecule has 27 heavy (non-hydrogen) atoms. The molecule has 1 aliphatic rings. The van der Waals surface area contributed by atoms with Crippen molar-refractivity contribution in [2.45, 2.75) is 19.4 Å². The van der Waals surface area contributed by atoms with Crippen LogP contribution >= 0.6 is 0 Å². The molecule has 2 aromatic carbocycles. The number of rotatable bonds is 5. The number of hydrogen-bond acceptors (Lipinski definition) is 6. The van der Waals surface area contributed by atoms with Crippen LogP contribution in [0.1, 0.15) is 12.0 Å². The molecule has 1 unspecified atom stereocenters. The fourth-order valence-corrected chi connectivity index (χ4v) is 3.11. The molecular formula is C20H20N4O3. The van der Waals surface area contributed by atoms with Crippen LogP contribution in [0.3, 0.4) is 0 Å². The third-order valence-corrected chi connectivity index (χ3v) is 4.60. The highest BCUT2D eigenvalue weighted by molar-refractivity contribution is 6.00. The number of nitrogens with one attached hydrogen (secondary N) is 1. The normalized spacial score (nSPS) is 16.6. The molecule has 0 radical (unpaired) electrons. The van der Waals surface area contributed by atoms with Crippen molar-refractivity contribution in [3.8, 4) is 17.1 Å². The molecule has 0 saturated carbocycles. The number of nitrogens with zero attached hydrogens (tertiary/aromatic N) is 3. The molecule has 7 heteroatoms. The van der Waals surface area contributed by atoms with E-state index < -0.39 is 0 Å². The smallest absolute Gasteiger partial charge is 0.322 e. The SMILES string of the molecule is COc1cccc(-c2noc(NC3CCN(c4ccc(C)cc4)C3=O)n2)c1. The number of anilines is 2. The third kappa shape index (κ3) is 3.48. The lowest BCUT2D eigenvalue weighted by atomic mass is 10.2. The van der Waals surface area contributed by atoms with Crippen LogP contribution in [0.4, 0.5) is 11.7 Å². The Hall–Kier alpha value is -3.35. The van der Waals surface area contributed by atoms with E-state index in [0.717, 1.165) is 16.8 Å². The summed E-state index contributed by atoms with van der Waals surface area (Å²) < 4.78 is 10.5. The number of hydrogen-bond donors (Lipinski definition) is 1. The van der Waals surface area contributed by atoms with Crippen molar-refractivity contribution in [1.29, 1.82) is 0 Å². The first kappa shape index (κ1) is 17.1. The van der Waals surface area contributed by atoms with Gasteiger partial charge in [-0.2, -0.15) is 4.98 Å². The van der Waals surface area contributed by atoms with Gasteiger partial charge in [0.05, 0.1) is 7.11 Å². The van der Waals surface area contributed by atoms with Crippen molar-refractivity contribution >= 4 is 17.6 Å². The molecule has 1 saturated heterocycles. The van der Waals surface area contributed by atoms with Crippen LogP contribution in [-0.2, 0) is 4.79 Å². The lowest BCUT2D eigenvalue weighted by molar-refractivity contribution is -0.117. The van der Waals surface area contributed by atoms with Gasteiger partial charge >= 0.3 is 6.01 Å². The summed E-state index contributed by atoms with van der Waals surface area (Å²) in [4.78, 5) is 18.8. The van der Waals surface area contributed by atoms with Gasteiger partial charge in [-0.15, -0.1) is 0 Å². The van der Waals surface area contributed by atoms with Gasteiger partial charge in [0.1, 0.15) is 11.8 Å².